The lowest BCUT2D eigenvalue weighted by Gasteiger charge is -2.14. The zero-order valence-corrected chi connectivity index (χ0v) is 18.3. The van der Waals surface area contributed by atoms with E-state index < -0.39 is 17.7 Å². The summed E-state index contributed by atoms with van der Waals surface area (Å²) in [5, 5.41) is 6.73. The van der Waals surface area contributed by atoms with Gasteiger partial charge in [0.15, 0.2) is 0 Å². The number of nitrogens with zero attached hydrogens (tertiary/aromatic N) is 1. The Labute approximate surface area is 177 Å². The van der Waals surface area contributed by atoms with Crippen LogP contribution in [0.3, 0.4) is 0 Å². The Hall–Kier alpha value is -3.35. The first-order valence-electron chi connectivity index (χ1n) is 9.73. The number of anilines is 1. The summed E-state index contributed by atoms with van der Waals surface area (Å²) in [7, 11) is 3.21. The monoisotopic (exact) mass is 411 g/mol. The van der Waals surface area contributed by atoms with Crippen molar-refractivity contribution in [3.8, 4) is 11.5 Å². The third-order valence-electron chi connectivity index (χ3n) is 4.76. The van der Waals surface area contributed by atoms with Crippen molar-refractivity contribution < 1.29 is 19.1 Å². The molecule has 7 heteroatoms. The number of carbonyl (C=O) groups is 2. The van der Waals surface area contributed by atoms with E-state index in [0.717, 1.165) is 22.4 Å². The van der Waals surface area contributed by atoms with Gasteiger partial charge >= 0.3 is 0 Å². The molecule has 0 bridgehead atoms. The van der Waals surface area contributed by atoms with Crippen LogP contribution in [0.25, 0.3) is 0 Å². The van der Waals surface area contributed by atoms with Gasteiger partial charge in [-0.3, -0.25) is 9.59 Å². The second-order valence-corrected chi connectivity index (χ2v) is 7.28. The van der Waals surface area contributed by atoms with Crippen molar-refractivity contribution in [2.24, 2.45) is 11.0 Å². The highest BCUT2D eigenvalue weighted by atomic mass is 16.5. The molecule has 7 nitrogen and oxygen atoms in total. The van der Waals surface area contributed by atoms with E-state index in [4.69, 9.17) is 9.47 Å². The molecule has 0 saturated carbocycles. The quantitative estimate of drug-likeness (QED) is 0.392. The standard InChI is InChI=1S/C23H29N3O4/c1-14(2)20-12-17(15(3)11-21(20)30-6)13-24-26-23(28)16(4)22(27)25-18-7-9-19(29-5)10-8-18/h7-14,16H,1-6H3,(H,25,27)(H,26,28). The number of hydrazone groups is 1. The summed E-state index contributed by atoms with van der Waals surface area (Å²) in [6.45, 7) is 7.64. The van der Waals surface area contributed by atoms with Crippen molar-refractivity contribution in [1.29, 1.82) is 0 Å². The van der Waals surface area contributed by atoms with Crippen LogP contribution >= 0.6 is 0 Å². The normalized spacial score (nSPS) is 12.0. The smallest absolute Gasteiger partial charge is 0.252 e. The van der Waals surface area contributed by atoms with E-state index in [9.17, 15) is 9.59 Å². The lowest BCUT2D eigenvalue weighted by atomic mass is 9.97. The molecule has 0 heterocycles. The fourth-order valence-electron chi connectivity index (χ4n) is 2.79. The predicted octanol–water partition coefficient (Wildman–Crippen LogP) is 3.86. The molecular formula is C23H29N3O4. The van der Waals surface area contributed by atoms with E-state index in [0.29, 0.717) is 11.4 Å². The van der Waals surface area contributed by atoms with Gasteiger partial charge in [-0.2, -0.15) is 5.10 Å². The number of methoxy groups -OCH3 is 2. The molecule has 1 unspecified atom stereocenters. The highest BCUT2D eigenvalue weighted by Gasteiger charge is 2.21. The Morgan fingerprint density at radius 2 is 1.67 bits per heavy atom. The molecule has 0 spiro atoms. The molecule has 0 saturated heterocycles. The zero-order valence-electron chi connectivity index (χ0n) is 18.3. The number of nitrogens with one attached hydrogen (secondary N) is 2. The van der Waals surface area contributed by atoms with Crippen LogP contribution in [0.2, 0.25) is 0 Å². The molecule has 30 heavy (non-hydrogen) atoms. The zero-order chi connectivity index (χ0) is 22.3. The molecule has 0 aliphatic carbocycles. The number of ether oxygens (including phenoxy) is 2. The lowest BCUT2D eigenvalue weighted by molar-refractivity contribution is -0.131. The second kappa shape index (κ2) is 10.4. The first-order chi connectivity index (χ1) is 14.3. The van der Waals surface area contributed by atoms with Crippen molar-refractivity contribution >= 4 is 23.7 Å². The van der Waals surface area contributed by atoms with Crippen LogP contribution in [0.4, 0.5) is 5.69 Å². The molecule has 0 aliphatic heterocycles. The number of benzene rings is 2. The van der Waals surface area contributed by atoms with Crippen LogP contribution in [-0.4, -0.2) is 32.2 Å². The maximum atomic E-state index is 12.3. The molecule has 160 valence electrons. The van der Waals surface area contributed by atoms with E-state index in [-0.39, 0.29) is 5.92 Å². The lowest BCUT2D eigenvalue weighted by Crippen LogP contribution is -2.34. The van der Waals surface area contributed by atoms with E-state index in [1.165, 1.54) is 6.92 Å². The number of aryl methyl sites for hydroxylation is 1. The van der Waals surface area contributed by atoms with Gasteiger partial charge in [0.05, 0.1) is 20.4 Å². The first-order valence-corrected chi connectivity index (χ1v) is 9.73. The Balaban J connectivity index is 2.00. The van der Waals surface area contributed by atoms with E-state index in [2.05, 4.69) is 29.7 Å². The molecule has 0 aliphatic rings. The van der Waals surface area contributed by atoms with Gasteiger partial charge in [-0.05, 0) is 72.9 Å². The fraction of sp³-hybridized carbons (Fsp3) is 0.348. The number of rotatable bonds is 8. The Morgan fingerprint density at radius 3 is 2.23 bits per heavy atom. The summed E-state index contributed by atoms with van der Waals surface area (Å²) in [5.74, 6) is -0.0328. The molecule has 2 aromatic carbocycles. The van der Waals surface area contributed by atoms with Crippen LogP contribution < -0.4 is 20.2 Å². The molecule has 2 amide bonds. The van der Waals surface area contributed by atoms with Crippen molar-refractivity contribution in [2.75, 3.05) is 19.5 Å². The maximum absolute atomic E-state index is 12.3. The summed E-state index contributed by atoms with van der Waals surface area (Å²) in [5.41, 5.74) is 5.92. The molecule has 2 N–H and O–H groups in total. The average Bonchev–Trinajstić information content (AvgIpc) is 2.74. The van der Waals surface area contributed by atoms with E-state index >= 15 is 0 Å². The van der Waals surface area contributed by atoms with Crippen molar-refractivity contribution in [1.82, 2.24) is 5.43 Å². The molecule has 2 aromatic rings. The predicted molar refractivity (Wildman–Crippen MR) is 118 cm³/mol. The highest BCUT2D eigenvalue weighted by molar-refractivity contribution is 6.06. The topological polar surface area (TPSA) is 89.0 Å². The van der Waals surface area contributed by atoms with E-state index in [1.807, 2.05) is 19.1 Å². The minimum absolute atomic E-state index is 0.281. The van der Waals surface area contributed by atoms with Gasteiger partial charge < -0.3 is 14.8 Å². The minimum Gasteiger partial charge on any atom is -0.497 e. The molecule has 1 atom stereocenters. The van der Waals surface area contributed by atoms with Crippen LogP contribution in [0.1, 0.15) is 43.4 Å². The van der Waals surface area contributed by atoms with Crippen molar-refractivity contribution in [3.05, 3.63) is 53.1 Å². The van der Waals surface area contributed by atoms with Gasteiger partial charge in [0, 0.05) is 5.69 Å². The SMILES string of the molecule is COc1ccc(NC(=O)C(C)C(=O)NN=Cc2cc(C(C)C)c(OC)cc2C)cc1. The molecule has 0 aromatic heterocycles. The Morgan fingerprint density at radius 1 is 1.00 bits per heavy atom. The number of carbonyl (C=O) groups excluding carboxylic acids is 2. The largest absolute Gasteiger partial charge is 0.497 e. The van der Waals surface area contributed by atoms with Crippen molar-refractivity contribution in [2.45, 2.75) is 33.6 Å². The van der Waals surface area contributed by atoms with Gasteiger partial charge in [-0.1, -0.05) is 13.8 Å². The summed E-state index contributed by atoms with van der Waals surface area (Å²) < 4.78 is 10.5. The Kier molecular flexibility index (Phi) is 7.98. The van der Waals surface area contributed by atoms with Crippen LogP contribution in [0, 0.1) is 12.8 Å². The number of amides is 2. The van der Waals surface area contributed by atoms with Gasteiger partial charge in [0.2, 0.25) is 5.91 Å². The fourth-order valence-corrected chi connectivity index (χ4v) is 2.79. The maximum Gasteiger partial charge on any atom is 0.252 e. The first kappa shape index (κ1) is 22.9. The third kappa shape index (κ3) is 5.83. The van der Waals surface area contributed by atoms with Crippen LogP contribution in [-0.2, 0) is 9.59 Å². The van der Waals surface area contributed by atoms with Gasteiger partial charge in [-0.25, -0.2) is 5.43 Å². The number of hydrogen-bond donors (Lipinski definition) is 2. The summed E-state index contributed by atoms with van der Waals surface area (Å²) in [6, 6.07) is 10.8. The molecule has 0 radical (unpaired) electrons. The van der Waals surface area contributed by atoms with E-state index in [1.54, 1.807) is 44.7 Å². The van der Waals surface area contributed by atoms with Gasteiger partial charge in [-0.15, -0.1) is 0 Å². The third-order valence-corrected chi connectivity index (χ3v) is 4.76. The molecule has 0 fully saturated rings. The minimum atomic E-state index is -0.910. The van der Waals surface area contributed by atoms with Crippen molar-refractivity contribution in [3.63, 3.8) is 0 Å². The highest BCUT2D eigenvalue weighted by Crippen LogP contribution is 2.29. The summed E-state index contributed by atoms with van der Waals surface area (Å²) in [4.78, 5) is 24.6. The summed E-state index contributed by atoms with van der Waals surface area (Å²) in [6.07, 6.45) is 1.58. The average molecular weight is 412 g/mol. The second-order valence-electron chi connectivity index (χ2n) is 7.28. The summed E-state index contributed by atoms with van der Waals surface area (Å²) >= 11 is 0. The van der Waals surface area contributed by atoms with Crippen LogP contribution in [0.5, 0.6) is 11.5 Å². The molecular weight excluding hydrogens is 382 g/mol. The number of hydrogen-bond acceptors (Lipinski definition) is 5. The molecule has 2 rings (SSSR count). The van der Waals surface area contributed by atoms with Gasteiger partial charge in [0.1, 0.15) is 17.4 Å². The van der Waals surface area contributed by atoms with Gasteiger partial charge in [0.25, 0.3) is 5.91 Å². The van der Waals surface area contributed by atoms with Crippen LogP contribution in [0.15, 0.2) is 41.5 Å². The Bertz CT molecular complexity index is 921.